The van der Waals surface area contributed by atoms with Gasteiger partial charge in [0.1, 0.15) is 17.6 Å². The summed E-state index contributed by atoms with van der Waals surface area (Å²) in [5.74, 6) is 1.26. The number of amides is 2. The van der Waals surface area contributed by atoms with Crippen molar-refractivity contribution in [1.29, 1.82) is 0 Å². The molecule has 1 saturated heterocycles. The van der Waals surface area contributed by atoms with E-state index >= 15 is 0 Å². The van der Waals surface area contributed by atoms with Gasteiger partial charge in [0.05, 0.1) is 19.9 Å². The van der Waals surface area contributed by atoms with E-state index in [2.05, 4.69) is 5.32 Å². The van der Waals surface area contributed by atoms with Gasteiger partial charge in [-0.05, 0) is 36.2 Å². The van der Waals surface area contributed by atoms with Gasteiger partial charge in [-0.2, -0.15) is 0 Å². The maximum absolute atomic E-state index is 12.5. The van der Waals surface area contributed by atoms with Crippen molar-refractivity contribution in [3.63, 3.8) is 0 Å². The van der Waals surface area contributed by atoms with Crippen LogP contribution in [-0.2, 0) is 22.7 Å². The Balaban J connectivity index is 1.61. The number of nitrogens with zero attached hydrogens (tertiary/aromatic N) is 1. The van der Waals surface area contributed by atoms with Crippen molar-refractivity contribution in [2.45, 2.75) is 32.0 Å². The molecule has 126 valence electrons. The molecule has 2 aromatic rings. The Hall–Kier alpha value is -2.76. The largest absolute Gasteiger partial charge is 0.497 e. The molecule has 1 aliphatic heterocycles. The molecule has 2 heterocycles. The minimum atomic E-state index is -0.451. The van der Waals surface area contributed by atoms with Gasteiger partial charge in [-0.3, -0.25) is 9.59 Å². The van der Waals surface area contributed by atoms with E-state index in [4.69, 9.17) is 9.15 Å². The second-order valence-electron chi connectivity index (χ2n) is 5.72. The zero-order chi connectivity index (χ0) is 16.9. The summed E-state index contributed by atoms with van der Waals surface area (Å²) in [5, 5.41) is 2.90. The average Bonchev–Trinajstić information content (AvgIpc) is 3.24. The molecule has 1 N–H and O–H groups in total. The number of carbonyl (C=O) groups excluding carboxylic acids is 2. The average molecular weight is 328 g/mol. The van der Waals surface area contributed by atoms with Crippen LogP contribution in [-0.4, -0.2) is 29.9 Å². The molecule has 1 aromatic heterocycles. The predicted octanol–water partition coefficient (Wildman–Crippen LogP) is 2.10. The quantitative estimate of drug-likeness (QED) is 0.881. The summed E-state index contributed by atoms with van der Waals surface area (Å²) < 4.78 is 10.5. The minimum absolute atomic E-state index is 0.0204. The highest BCUT2D eigenvalue weighted by Crippen LogP contribution is 2.22. The third-order valence-corrected chi connectivity index (χ3v) is 4.14. The molecule has 0 saturated carbocycles. The molecule has 6 heteroatoms. The Labute approximate surface area is 140 Å². The third kappa shape index (κ3) is 3.59. The molecule has 1 aromatic carbocycles. The maximum atomic E-state index is 12.5. The van der Waals surface area contributed by atoms with Crippen LogP contribution in [0.4, 0.5) is 0 Å². The van der Waals surface area contributed by atoms with Gasteiger partial charge in [0.25, 0.3) is 0 Å². The summed E-state index contributed by atoms with van der Waals surface area (Å²) in [6, 6.07) is 10.6. The fraction of sp³-hybridized carbons (Fsp3) is 0.333. The van der Waals surface area contributed by atoms with E-state index in [1.165, 1.54) is 0 Å². The van der Waals surface area contributed by atoms with E-state index < -0.39 is 6.04 Å². The molecule has 1 atom stereocenters. The first-order valence-electron chi connectivity index (χ1n) is 7.90. The van der Waals surface area contributed by atoms with Crippen molar-refractivity contribution >= 4 is 11.8 Å². The molecule has 0 radical (unpaired) electrons. The molecule has 0 bridgehead atoms. The van der Waals surface area contributed by atoms with Gasteiger partial charge >= 0.3 is 0 Å². The zero-order valence-corrected chi connectivity index (χ0v) is 13.5. The van der Waals surface area contributed by atoms with Gasteiger partial charge in [0.2, 0.25) is 11.8 Å². The number of rotatable bonds is 6. The van der Waals surface area contributed by atoms with Crippen molar-refractivity contribution in [3.8, 4) is 5.75 Å². The highest BCUT2D eigenvalue weighted by molar-refractivity contribution is 5.90. The third-order valence-electron chi connectivity index (χ3n) is 4.14. The Kier molecular flexibility index (Phi) is 4.84. The second-order valence-corrected chi connectivity index (χ2v) is 5.72. The normalized spacial score (nSPS) is 17.1. The van der Waals surface area contributed by atoms with Gasteiger partial charge in [0, 0.05) is 13.0 Å². The molecule has 0 unspecified atom stereocenters. The van der Waals surface area contributed by atoms with Crippen molar-refractivity contribution in [2.24, 2.45) is 0 Å². The van der Waals surface area contributed by atoms with Crippen LogP contribution < -0.4 is 10.1 Å². The number of hydrogen-bond acceptors (Lipinski definition) is 4. The first-order valence-corrected chi connectivity index (χ1v) is 7.90. The predicted molar refractivity (Wildman–Crippen MR) is 87.1 cm³/mol. The summed E-state index contributed by atoms with van der Waals surface area (Å²) in [6.07, 6.45) is 2.48. The van der Waals surface area contributed by atoms with E-state index in [-0.39, 0.29) is 11.8 Å². The van der Waals surface area contributed by atoms with Gasteiger partial charge in [-0.15, -0.1) is 0 Å². The smallest absolute Gasteiger partial charge is 0.243 e. The molecule has 0 spiro atoms. The van der Waals surface area contributed by atoms with Crippen molar-refractivity contribution in [3.05, 3.63) is 54.0 Å². The molecule has 2 amide bonds. The zero-order valence-electron chi connectivity index (χ0n) is 13.5. The lowest BCUT2D eigenvalue weighted by Crippen LogP contribution is -2.44. The SMILES string of the molecule is COc1cccc(CNC(=O)[C@@H]2CCC(=O)N2Cc2ccco2)c1. The van der Waals surface area contributed by atoms with Crippen molar-refractivity contribution in [2.75, 3.05) is 7.11 Å². The number of furan rings is 1. The fourth-order valence-corrected chi connectivity index (χ4v) is 2.86. The van der Waals surface area contributed by atoms with Crippen LogP contribution in [0.5, 0.6) is 5.75 Å². The van der Waals surface area contributed by atoms with Crippen LogP contribution >= 0.6 is 0 Å². The Bertz CT molecular complexity index is 712. The van der Waals surface area contributed by atoms with E-state index in [0.29, 0.717) is 31.7 Å². The summed E-state index contributed by atoms with van der Waals surface area (Å²) in [5.41, 5.74) is 0.949. The Morgan fingerprint density at radius 3 is 3.00 bits per heavy atom. The molecule has 24 heavy (non-hydrogen) atoms. The second kappa shape index (κ2) is 7.21. The lowest BCUT2D eigenvalue weighted by Gasteiger charge is -2.23. The summed E-state index contributed by atoms with van der Waals surface area (Å²) in [7, 11) is 1.61. The minimum Gasteiger partial charge on any atom is -0.497 e. The molecular formula is C18H20N2O4. The standard InChI is InChI=1S/C18H20N2O4/c1-23-14-5-2-4-13(10-14)11-19-18(22)16-7-8-17(21)20(16)12-15-6-3-9-24-15/h2-6,9-10,16H,7-8,11-12H2,1H3,(H,19,22)/t16-/m0/s1. The van der Waals surface area contributed by atoms with Gasteiger partial charge in [-0.1, -0.05) is 12.1 Å². The Morgan fingerprint density at radius 1 is 1.38 bits per heavy atom. The van der Waals surface area contributed by atoms with Crippen LogP contribution in [0.15, 0.2) is 47.1 Å². The highest BCUT2D eigenvalue weighted by atomic mass is 16.5. The number of methoxy groups -OCH3 is 1. The summed E-state index contributed by atoms with van der Waals surface area (Å²) in [4.78, 5) is 26.1. The van der Waals surface area contributed by atoms with Crippen molar-refractivity contribution in [1.82, 2.24) is 10.2 Å². The van der Waals surface area contributed by atoms with E-state index in [0.717, 1.165) is 11.3 Å². The number of benzene rings is 1. The van der Waals surface area contributed by atoms with Crippen molar-refractivity contribution < 1.29 is 18.7 Å². The van der Waals surface area contributed by atoms with E-state index in [9.17, 15) is 9.59 Å². The number of carbonyl (C=O) groups is 2. The molecule has 1 aliphatic rings. The molecule has 1 fully saturated rings. The van der Waals surface area contributed by atoms with Crippen LogP contribution in [0.3, 0.4) is 0 Å². The molecular weight excluding hydrogens is 308 g/mol. The lowest BCUT2D eigenvalue weighted by molar-refractivity contribution is -0.136. The topological polar surface area (TPSA) is 71.8 Å². The first-order chi connectivity index (χ1) is 11.7. The molecule has 6 nitrogen and oxygen atoms in total. The van der Waals surface area contributed by atoms with Crippen LogP contribution in [0.1, 0.15) is 24.2 Å². The summed E-state index contributed by atoms with van der Waals surface area (Å²) >= 11 is 0. The van der Waals surface area contributed by atoms with Gasteiger partial charge in [-0.25, -0.2) is 0 Å². The van der Waals surface area contributed by atoms with E-state index in [1.807, 2.05) is 24.3 Å². The maximum Gasteiger partial charge on any atom is 0.243 e. The Morgan fingerprint density at radius 2 is 2.25 bits per heavy atom. The van der Waals surface area contributed by atoms with Crippen LogP contribution in [0, 0.1) is 0 Å². The fourth-order valence-electron chi connectivity index (χ4n) is 2.86. The highest BCUT2D eigenvalue weighted by Gasteiger charge is 2.36. The van der Waals surface area contributed by atoms with Gasteiger partial charge < -0.3 is 19.4 Å². The van der Waals surface area contributed by atoms with E-state index in [1.54, 1.807) is 30.4 Å². The number of nitrogens with one attached hydrogen (secondary N) is 1. The number of likely N-dealkylation sites (tertiary alicyclic amines) is 1. The van der Waals surface area contributed by atoms with Gasteiger partial charge in [0.15, 0.2) is 0 Å². The number of ether oxygens (including phenoxy) is 1. The van der Waals surface area contributed by atoms with Crippen LogP contribution in [0.25, 0.3) is 0 Å². The molecule has 0 aliphatic carbocycles. The summed E-state index contributed by atoms with van der Waals surface area (Å²) in [6.45, 7) is 0.721. The number of hydrogen-bond donors (Lipinski definition) is 1. The monoisotopic (exact) mass is 328 g/mol. The lowest BCUT2D eigenvalue weighted by atomic mass is 10.1. The molecule has 3 rings (SSSR count). The first kappa shape index (κ1) is 16.1. The van der Waals surface area contributed by atoms with Crippen LogP contribution in [0.2, 0.25) is 0 Å².